The van der Waals surface area contributed by atoms with Crippen molar-refractivity contribution in [1.82, 2.24) is 0 Å². The number of allylic oxidation sites excluding steroid dienone is 2. The average Bonchev–Trinajstić information content (AvgIpc) is 2.00. The zero-order chi connectivity index (χ0) is 9.02. The smallest absolute Gasteiger partial charge is 0.331 e. The van der Waals surface area contributed by atoms with Crippen molar-refractivity contribution >= 4 is 11.8 Å². The first-order valence-corrected chi connectivity index (χ1v) is 3.08. The molecule has 3 nitrogen and oxygen atoms in total. The summed E-state index contributed by atoms with van der Waals surface area (Å²) in [7, 11) is 0. The molecule has 1 N–H and O–H groups in total. The van der Waals surface area contributed by atoms with Crippen LogP contribution in [0.5, 0.6) is 0 Å². The molecular weight excluding hydrogens is 144 g/mol. The number of carbonyl (C=O) groups excluding carboxylic acids is 1. The van der Waals surface area contributed by atoms with E-state index >= 15 is 0 Å². The Bertz CT molecular complexity index is 236. The van der Waals surface area contributed by atoms with Gasteiger partial charge in [-0.3, -0.25) is 4.79 Å². The molecule has 60 valence electrons. The highest BCUT2D eigenvalue weighted by Crippen LogP contribution is 2.04. The summed E-state index contributed by atoms with van der Waals surface area (Å²) >= 11 is 0. The lowest BCUT2D eigenvalue weighted by molar-refractivity contribution is -0.132. The summed E-state index contributed by atoms with van der Waals surface area (Å²) in [5.41, 5.74) is 0.294. The molecule has 0 aromatic carbocycles. The van der Waals surface area contributed by atoms with Crippen molar-refractivity contribution in [3.05, 3.63) is 23.8 Å². The number of hydrogen-bond acceptors (Lipinski definition) is 2. The molecule has 11 heavy (non-hydrogen) atoms. The van der Waals surface area contributed by atoms with Gasteiger partial charge in [0.15, 0.2) is 5.78 Å². The Hall–Kier alpha value is -1.38. The van der Waals surface area contributed by atoms with Gasteiger partial charge < -0.3 is 5.11 Å². The molecule has 0 aromatic heterocycles. The van der Waals surface area contributed by atoms with Crippen LogP contribution in [-0.4, -0.2) is 16.9 Å². The Labute approximate surface area is 65.0 Å². The number of rotatable bonds is 3. The van der Waals surface area contributed by atoms with Gasteiger partial charge in [0, 0.05) is 11.1 Å². The van der Waals surface area contributed by atoms with Crippen LogP contribution < -0.4 is 0 Å². The van der Waals surface area contributed by atoms with E-state index in [1.807, 2.05) is 0 Å². The third-order valence-electron chi connectivity index (χ3n) is 1.44. The lowest BCUT2D eigenvalue weighted by Crippen LogP contribution is -2.04. The third kappa shape index (κ3) is 2.37. The first kappa shape index (κ1) is 9.62. The molecule has 0 aliphatic rings. The molecule has 0 aromatic rings. The normalized spacial score (nSPS) is 11.8. The summed E-state index contributed by atoms with van der Waals surface area (Å²) in [6, 6.07) is 0. The minimum Gasteiger partial charge on any atom is -0.478 e. The quantitative estimate of drug-likeness (QED) is 0.620. The number of ketones is 1. The molecular formula is C8H10O3. The van der Waals surface area contributed by atoms with E-state index in [-0.39, 0.29) is 16.9 Å². The first-order valence-electron chi connectivity index (χ1n) is 3.08. The summed E-state index contributed by atoms with van der Waals surface area (Å²) in [6.45, 7) is 6.10. The van der Waals surface area contributed by atoms with Gasteiger partial charge in [-0.05, 0) is 19.9 Å². The van der Waals surface area contributed by atoms with E-state index in [9.17, 15) is 9.59 Å². The molecule has 0 spiro atoms. The minimum atomic E-state index is -1.07. The second-order valence-corrected chi connectivity index (χ2v) is 2.12. The van der Waals surface area contributed by atoms with Gasteiger partial charge in [-0.2, -0.15) is 0 Å². The topological polar surface area (TPSA) is 54.4 Å². The fraction of sp³-hybridized carbons (Fsp3) is 0.250. The summed E-state index contributed by atoms with van der Waals surface area (Å²) in [5, 5.41) is 8.45. The van der Waals surface area contributed by atoms with Crippen LogP contribution in [-0.2, 0) is 9.59 Å². The maximum atomic E-state index is 10.8. The molecule has 0 heterocycles. The van der Waals surface area contributed by atoms with Gasteiger partial charge in [0.1, 0.15) is 0 Å². The van der Waals surface area contributed by atoms with Crippen molar-refractivity contribution in [1.29, 1.82) is 0 Å². The molecule has 0 radical (unpaired) electrons. The van der Waals surface area contributed by atoms with Crippen LogP contribution in [0.3, 0.4) is 0 Å². The Balaban J connectivity index is 4.80. The molecule has 0 atom stereocenters. The Kier molecular flexibility index (Phi) is 3.24. The Morgan fingerprint density at radius 3 is 2.00 bits per heavy atom. The molecule has 0 aliphatic heterocycles. The summed E-state index contributed by atoms with van der Waals surface area (Å²) in [6.07, 6.45) is 1.10. The number of carboxylic acids is 1. The van der Waals surface area contributed by atoms with Crippen molar-refractivity contribution < 1.29 is 14.7 Å². The van der Waals surface area contributed by atoms with E-state index in [1.165, 1.54) is 13.8 Å². The van der Waals surface area contributed by atoms with Crippen LogP contribution in [0.1, 0.15) is 13.8 Å². The van der Waals surface area contributed by atoms with Gasteiger partial charge >= 0.3 is 5.97 Å². The number of carbonyl (C=O) groups is 2. The molecule has 0 bridgehead atoms. The zero-order valence-corrected chi connectivity index (χ0v) is 6.55. The maximum absolute atomic E-state index is 10.8. The maximum Gasteiger partial charge on any atom is 0.331 e. The number of hydrogen-bond donors (Lipinski definition) is 1. The molecule has 0 unspecified atom stereocenters. The van der Waals surface area contributed by atoms with Crippen LogP contribution in [0, 0.1) is 0 Å². The standard InChI is InChI=1S/C8H10O3/c1-4-7(9)5(2)6(3)8(10)11/h4H,1H2,2-3H3,(H,10,11). The van der Waals surface area contributed by atoms with Gasteiger partial charge in [0.25, 0.3) is 0 Å². The zero-order valence-electron chi connectivity index (χ0n) is 6.55. The van der Waals surface area contributed by atoms with Crippen LogP contribution >= 0.6 is 0 Å². The van der Waals surface area contributed by atoms with Crippen LogP contribution in [0.2, 0.25) is 0 Å². The van der Waals surface area contributed by atoms with Crippen molar-refractivity contribution in [2.45, 2.75) is 13.8 Å². The van der Waals surface area contributed by atoms with Crippen molar-refractivity contribution in [3.63, 3.8) is 0 Å². The Morgan fingerprint density at radius 2 is 1.73 bits per heavy atom. The van der Waals surface area contributed by atoms with Gasteiger partial charge in [-0.15, -0.1) is 0 Å². The third-order valence-corrected chi connectivity index (χ3v) is 1.44. The largest absolute Gasteiger partial charge is 0.478 e. The second kappa shape index (κ2) is 3.71. The van der Waals surface area contributed by atoms with E-state index in [0.717, 1.165) is 6.08 Å². The van der Waals surface area contributed by atoms with Crippen molar-refractivity contribution in [3.8, 4) is 0 Å². The highest BCUT2D eigenvalue weighted by molar-refractivity contribution is 6.08. The van der Waals surface area contributed by atoms with Crippen molar-refractivity contribution in [2.24, 2.45) is 0 Å². The van der Waals surface area contributed by atoms with Gasteiger partial charge in [-0.25, -0.2) is 4.79 Å². The fourth-order valence-electron chi connectivity index (χ4n) is 0.498. The van der Waals surface area contributed by atoms with E-state index in [2.05, 4.69) is 6.58 Å². The minimum absolute atomic E-state index is 0.0647. The average molecular weight is 154 g/mol. The van der Waals surface area contributed by atoms with Crippen molar-refractivity contribution in [2.75, 3.05) is 0 Å². The van der Waals surface area contributed by atoms with Crippen LogP contribution in [0.25, 0.3) is 0 Å². The number of carboxylic acid groups (broad SMARTS) is 1. The summed E-state index contributed by atoms with van der Waals surface area (Å²) in [5.74, 6) is -1.41. The van der Waals surface area contributed by atoms with E-state index in [1.54, 1.807) is 0 Å². The first-order chi connectivity index (χ1) is 5.00. The Morgan fingerprint density at radius 1 is 1.27 bits per heavy atom. The highest BCUT2D eigenvalue weighted by atomic mass is 16.4. The summed E-state index contributed by atoms with van der Waals surface area (Å²) < 4.78 is 0. The SMILES string of the molecule is C=CC(=O)C(C)=C(C)C(=O)O. The summed E-state index contributed by atoms with van der Waals surface area (Å²) in [4.78, 5) is 21.1. The lowest BCUT2D eigenvalue weighted by atomic mass is 10.1. The molecule has 0 saturated carbocycles. The van der Waals surface area contributed by atoms with Crippen LogP contribution in [0.4, 0.5) is 0 Å². The van der Waals surface area contributed by atoms with Gasteiger partial charge in [0.2, 0.25) is 0 Å². The molecule has 0 fully saturated rings. The second-order valence-electron chi connectivity index (χ2n) is 2.12. The molecule has 0 amide bonds. The van der Waals surface area contributed by atoms with Crippen LogP contribution in [0.15, 0.2) is 23.8 Å². The predicted molar refractivity (Wildman–Crippen MR) is 41.2 cm³/mol. The predicted octanol–water partition coefficient (Wildman–Crippen LogP) is 1.16. The lowest BCUT2D eigenvalue weighted by Gasteiger charge is -1.97. The molecule has 0 aliphatic carbocycles. The van der Waals surface area contributed by atoms with Gasteiger partial charge in [-0.1, -0.05) is 6.58 Å². The molecule has 0 saturated heterocycles. The highest BCUT2D eigenvalue weighted by Gasteiger charge is 2.08. The van der Waals surface area contributed by atoms with E-state index < -0.39 is 5.97 Å². The van der Waals surface area contributed by atoms with E-state index in [4.69, 9.17) is 5.11 Å². The monoisotopic (exact) mass is 154 g/mol. The molecule has 0 rings (SSSR count). The number of aliphatic carboxylic acids is 1. The fourth-order valence-corrected chi connectivity index (χ4v) is 0.498. The molecule has 3 heteroatoms. The van der Waals surface area contributed by atoms with Gasteiger partial charge in [0.05, 0.1) is 0 Å². The van der Waals surface area contributed by atoms with E-state index in [0.29, 0.717) is 0 Å².